The molecule has 0 bridgehead atoms. The fourth-order valence-corrected chi connectivity index (χ4v) is 7.77. The molecule has 8 amide bonds. The van der Waals surface area contributed by atoms with E-state index in [1.54, 1.807) is 0 Å². The van der Waals surface area contributed by atoms with Crippen LogP contribution in [0.25, 0.3) is 0 Å². The van der Waals surface area contributed by atoms with Crippen LogP contribution in [-0.2, 0) is 56.0 Å². The molecule has 2 aromatic rings. The first-order valence-electron chi connectivity index (χ1n) is 22.7. The number of hydrogen-bond acceptors (Lipinski definition) is 14. The molecule has 25 heteroatoms. The molecule has 0 aliphatic carbocycles. The number of phenols is 2. The zero-order valence-corrected chi connectivity index (χ0v) is 40.0. The number of carboxylic acid groups (broad SMARTS) is 1. The average Bonchev–Trinajstić information content (AvgIpc) is 3.80. The number of primary amides is 1. The van der Waals surface area contributed by atoms with E-state index in [-0.39, 0.29) is 87.3 Å². The topological polar surface area (TPSA) is 404 Å². The summed E-state index contributed by atoms with van der Waals surface area (Å²) in [4.78, 5) is 122. The molecule has 17 N–H and O–H groups in total. The van der Waals surface area contributed by atoms with Crippen molar-refractivity contribution >= 4 is 71.8 Å². The van der Waals surface area contributed by atoms with Gasteiger partial charge in [0.05, 0.1) is 6.54 Å². The Hall–Kier alpha value is -7.15. The van der Waals surface area contributed by atoms with Crippen molar-refractivity contribution < 1.29 is 58.5 Å². The molecule has 1 aliphatic rings. The number of amides is 8. The summed E-state index contributed by atoms with van der Waals surface area (Å²) in [6.07, 6.45) is -0.725. The first-order valence-corrected chi connectivity index (χ1v) is 23.3. The standard InChI is InChI=1S/C45H66N12O12S/c1-24(2)19-33(51-36(60)22-46)44(69)57-18-4-6-35(57)43(68)55-32(21-26-9-13-28(59)14-10-26)41(66)53-30(15-16-37(61)62)40(65)52-29(5-3-17-50-45(48)49)39(64)54-31(20-25-7-11-27(58)12-8-25)42(67)56-34(23-70)38(47)63/h7-14,24,29-35,58-59,70H,3-6,15-23,46H2,1-2H3,(H2,47,63)(H,51,60)(H,52,65)(H,53,66)(H,54,64)(H,55,68)(H,56,67)(H,61,62)(H4,48,49,50)/t29-,30-,31-,32-,33-,34-,35-/m0/s1. The number of nitrogens with zero attached hydrogens (tertiary/aromatic N) is 1. The van der Waals surface area contributed by atoms with E-state index in [0.29, 0.717) is 17.5 Å². The van der Waals surface area contributed by atoms with Gasteiger partial charge in [0.1, 0.15) is 53.8 Å². The minimum absolute atomic E-state index is 0.0272. The van der Waals surface area contributed by atoms with Crippen molar-refractivity contribution in [2.24, 2.45) is 23.1 Å². The number of carbonyl (C=O) groups excluding carboxylic acids is 8. The molecule has 384 valence electrons. The molecule has 0 spiro atoms. The normalized spacial score (nSPS) is 15.7. The Morgan fingerprint density at radius 3 is 1.67 bits per heavy atom. The molecule has 1 fully saturated rings. The minimum Gasteiger partial charge on any atom is -0.508 e. The second kappa shape index (κ2) is 28.4. The molecule has 70 heavy (non-hydrogen) atoms. The van der Waals surface area contributed by atoms with Crippen LogP contribution in [0.3, 0.4) is 0 Å². The van der Waals surface area contributed by atoms with Gasteiger partial charge in [-0.05, 0) is 79.8 Å². The van der Waals surface area contributed by atoms with Crippen molar-refractivity contribution in [3.63, 3.8) is 0 Å². The SMILES string of the molecule is CC(C)C[C@H](NC(=O)CN)C(=O)N1CCC[C@H]1C(=O)N[C@@H](Cc1ccc(O)cc1)C(=O)N[C@@H](CCC(=O)O)C(=O)N[C@@H](CCCNC(=N)N)C(=O)N[C@@H](Cc1ccc(O)cc1)C(=O)N[C@@H](CS)C(N)=O. The van der Waals surface area contributed by atoms with Crippen LogP contribution in [0.5, 0.6) is 11.5 Å². The third-order valence-electron chi connectivity index (χ3n) is 11.1. The lowest BCUT2D eigenvalue weighted by Crippen LogP contribution is -2.60. The number of likely N-dealkylation sites (tertiary alicyclic amines) is 1. The number of hydrogen-bond donors (Lipinski definition) is 15. The quantitative estimate of drug-likeness (QED) is 0.0179. The maximum Gasteiger partial charge on any atom is 0.303 e. The Morgan fingerprint density at radius 1 is 0.714 bits per heavy atom. The molecule has 1 heterocycles. The number of nitrogens with two attached hydrogens (primary N) is 3. The number of carbonyl (C=O) groups is 9. The summed E-state index contributed by atoms with van der Waals surface area (Å²) in [6.45, 7) is 3.57. The van der Waals surface area contributed by atoms with Gasteiger partial charge in [-0.3, -0.25) is 48.6 Å². The molecule has 2 aromatic carbocycles. The third-order valence-corrected chi connectivity index (χ3v) is 11.5. The Morgan fingerprint density at radius 2 is 1.20 bits per heavy atom. The first-order chi connectivity index (χ1) is 33.1. The molecule has 0 saturated carbocycles. The summed E-state index contributed by atoms with van der Waals surface area (Å²) >= 11 is 4.06. The lowest BCUT2D eigenvalue weighted by atomic mass is 10.0. The lowest BCUT2D eigenvalue weighted by molar-refractivity contribution is -0.142. The van der Waals surface area contributed by atoms with Gasteiger partial charge in [-0.1, -0.05) is 38.1 Å². The molecule has 1 saturated heterocycles. The monoisotopic (exact) mass is 998 g/mol. The summed E-state index contributed by atoms with van der Waals surface area (Å²) < 4.78 is 0. The Labute approximate surface area is 410 Å². The summed E-state index contributed by atoms with van der Waals surface area (Å²) in [7, 11) is 0. The highest BCUT2D eigenvalue weighted by atomic mass is 32.1. The van der Waals surface area contributed by atoms with Crippen LogP contribution in [0, 0.1) is 11.3 Å². The number of phenolic OH excluding ortho intramolecular Hbond substituents is 2. The van der Waals surface area contributed by atoms with E-state index >= 15 is 0 Å². The third kappa shape index (κ3) is 19.1. The van der Waals surface area contributed by atoms with Crippen molar-refractivity contribution in [1.29, 1.82) is 5.41 Å². The summed E-state index contributed by atoms with van der Waals surface area (Å²) in [5, 5.41) is 54.9. The van der Waals surface area contributed by atoms with Crippen LogP contribution in [0.2, 0.25) is 0 Å². The predicted octanol–water partition coefficient (Wildman–Crippen LogP) is -2.67. The molecule has 24 nitrogen and oxygen atoms in total. The average molecular weight is 999 g/mol. The maximum absolute atomic E-state index is 14.3. The zero-order valence-electron chi connectivity index (χ0n) is 39.1. The van der Waals surface area contributed by atoms with Crippen LogP contribution in [0.4, 0.5) is 0 Å². The van der Waals surface area contributed by atoms with Crippen molar-refractivity contribution in [2.45, 2.75) is 114 Å². The van der Waals surface area contributed by atoms with Gasteiger partial charge in [0, 0.05) is 38.1 Å². The number of thiol groups is 1. The molecule has 0 unspecified atom stereocenters. The van der Waals surface area contributed by atoms with Gasteiger partial charge in [0.2, 0.25) is 47.3 Å². The van der Waals surface area contributed by atoms with Gasteiger partial charge in [-0.15, -0.1) is 0 Å². The van der Waals surface area contributed by atoms with Crippen molar-refractivity contribution in [2.75, 3.05) is 25.4 Å². The largest absolute Gasteiger partial charge is 0.508 e. The molecular weight excluding hydrogens is 933 g/mol. The number of aliphatic carboxylic acids is 1. The Bertz CT molecular complexity index is 2160. The lowest BCUT2D eigenvalue weighted by Gasteiger charge is -2.31. The molecule has 3 rings (SSSR count). The van der Waals surface area contributed by atoms with E-state index in [0.717, 1.165) is 0 Å². The van der Waals surface area contributed by atoms with E-state index < -0.39 is 108 Å². The number of nitrogens with one attached hydrogen (secondary N) is 8. The molecule has 7 atom stereocenters. The van der Waals surface area contributed by atoms with Crippen LogP contribution < -0.4 is 54.4 Å². The van der Waals surface area contributed by atoms with E-state index in [9.17, 15) is 58.5 Å². The second-order valence-corrected chi connectivity index (χ2v) is 17.6. The molecule has 0 aromatic heterocycles. The zero-order chi connectivity index (χ0) is 52.1. The molecular formula is C45H66N12O12S. The van der Waals surface area contributed by atoms with Gasteiger partial charge in [-0.25, -0.2) is 0 Å². The van der Waals surface area contributed by atoms with E-state index in [1.165, 1.54) is 53.4 Å². The number of guanidine groups is 1. The van der Waals surface area contributed by atoms with Gasteiger partial charge in [0.25, 0.3) is 0 Å². The highest BCUT2D eigenvalue weighted by Gasteiger charge is 2.40. The smallest absolute Gasteiger partial charge is 0.303 e. The second-order valence-electron chi connectivity index (χ2n) is 17.2. The van der Waals surface area contributed by atoms with Crippen LogP contribution in [-0.4, -0.2) is 147 Å². The van der Waals surface area contributed by atoms with Gasteiger partial charge in [0.15, 0.2) is 5.96 Å². The van der Waals surface area contributed by atoms with Gasteiger partial charge >= 0.3 is 5.97 Å². The van der Waals surface area contributed by atoms with Crippen molar-refractivity contribution in [1.82, 2.24) is 42.1 Å². The number of rotatable bonds is 28. The highest BCUT2D eigenvalue weighted by molar-refractivity contribution is 7.80. The van der Waals surface area contributed by atoms with E-state index in [4.69, 9.17) is 22.6 Å². The molecule has 1 aliphatic heterocycles. The van der Waals surface area contributed by atoms with Crippen LogP contribution in [0.1, 0.15) is 69.9 Å². The number of aromatic hydroxyl groups is 2. The minimum atomic E-state index is -1.65. The van der Waals surface area contributed by atoms with E-state index in [1.807, 2.05) is 13.8 Å². The van der Waals surface area contributed by atoms with Crippen molar-refractivity contribution in [3.8, 4) is 11.5 Å². The summed E-state index contributed by atoms with van der Waals surface area (Å²) in [5.74, 6) is -8.59. The van der Waals surface area contributed by atoms with Gasteiger partial charge < -0.3 is 74.6 Å². The van der Waals surface area contributed by atoms with Crippen LogP contribution >= 0.6 is 12.6 Å². The van der Waals surface area contributed by atoms with Gasteiger partial charge in [-0.2, -0.15) is 12.6 Å². The fourth-order valence-electron chi connectivity index (χ4n) is 7.50. The first kappa shape index (κ1) is 57.2. The molecule has 0 radical (unpaired) electrons. The van der Waals surface area contributed by atoms with Crippen LogP contribution in [0.15, 0.2) is 48.5 Å². The Balaban J connectivity index is 1.96. The number of benzene rings is 2. The Kier molecular flexibility index (Phi) is 23.2. The van der Waals surface area contributed by atoms with Crippen molar-refractivity contribution in [3.05, 3.63) is 59.7 Å². The fraction of sp³-hybridized carbons (Fsp3) is 0.511. The van der Waals surface area contributed by atoms with E-state index in [2.05, 4.69) is 49.8 Å². The number of carboxylic acids is 1. The summed E-state index contributed by atoms with van der Waals surface area (Å²) in [6, 6.07) is 2.07. The maximum atomic E-state index is 14.3. The predicted molar refractivity (Wildman–Crippen MR) is 258 cm³/mol. The summed E-state index contributed by atoms with van der Waals surface area (Å²) in [5.41, 5.74) is 17.3. The highest BCUT2D eigenvalue weighted by Crippen LogP contribution is 2.22.